The summed E-state index contributed by atoms with van der Waals surface area (Å²) in [6, 6.07) is 8.56. The Morgan fingerprint density at radius 2 is 1.72 bits per heavy atom. The van der Waals surface area contributed by atoms with E-state index in [1.54, 1.807) is 18.2 Å². The molecule has 0 saturated carbocycles. The van der Waals surface area contributed by atoms with Crippen molar-refractivity contribution in [1.82, 2.24) is 4.90 Å². The van der Waals surface area contributed by atoms with E-state index < -0.39 is 17.4 Å². The maximum Gasteiger partial charge on any atom is 0.250 e. The number of rotatable bonds is 1. The largest absolute Gasteiger partial charge is 0.324 e. The summed E-state index contributed by atoms with van der Waals surface area (Å²) in [6.45, 7) is 4.63. The molecule has 3 amide bonds. The van der Waals surface area contributed by atoms with Gasteiger partial charge in [-0.2, -0.15) is 0 Å². The van der Waals surface area contributed by atoms with Crippen LogP contribution in [0.2, 0.25) is 10.0 Å². The Morgan fingerprint density at radius 1 is 1.00 bits per heavy atom. The minimum absolute atomic E-state index is 0.159. The molecular formula is C24H21Cl2N3O3. The average Bonchev–Trinajstić information content (AvgIpc) is 3.40. The van der Waals surface area contributed by atoms with E-state index in [0.29, 0.717) is 22.3 Å². The molecule has 1 N–H and O–H groups in total. The van der Waals surface area contributed by atoms with E-state index in [9.17, 15) is 14.4 Å². The topological polar surface area (TPSA) is 69.7 Å². The van der Waals surface area contributed by atoms with Gasteiger partial charge in [-0.15, -0.1) is 0 Å². The molecule has 0 aliphatic carbocycles. The van der Waals surface area contributed by atoms with Gasteiger partial charge in [0.05, 0.1) is 17.5 Å². The Labute approximate surface area is 195 Å². The highest BCUT2D eigenvalue weighted by atomic mass is 35.5. The maximum atomic E-state index is 14.0. The summed E-state index contributed by atoms with van der Waals surface area (Å²) in [5, 5.41) is 3.74. The van der Waals surface area contributed by atoms with Crippen molar-refractivity contribution in [3.05, 3.63) is 57.1 Å². The second-order valence-corrected chi connectivity index (χ2v) is 10.1. The molecule has 8 heteroatoms. The average molecular weight is 470 g/mol. The molecule has 0 aromatic heterocycles. The molecule has 4 aliphatic heterocycles. The number of carbonyl (C=O) groups is 3. The zero-order valence-corrected chi connectivity index (χ0v) is 19.1. The zero-order valence-electron chi connectivity index (χ0n) is 17.6. The van der Waals surface area contributed by atoms with E-state index in [-0.39, 0.29) is 23.8 Å². The minimum Gasteiger partial charge on any atom is -0.324 e. The summed E-state index contributed by atoms with van der Waals surface area (Å²) in [5.41, 5.74) is 2.72. The van der Waals surface area contributed by atoms with Crippen molar-refractivity contribution in [2.45, 2.75) is 38.3 Å². The molecule has 1 spiro atoms. The number of anilines is 2. The predicted molar refractivity (Wildman–Crippen MR) is 122 cm³/mol. The number of imide groups is 1. The van der Waals surface area contributed by atoms with Crippen LogP contribution < -0.4 is 10.2 Å². The third kappa shape index (κ3) is 2.33. The number of hydrogen-bond donors (Lipinski definition) is 1. The van der Waals surface area contributed by atoms with Gasteiger partial charge >= 0.3 is 0 Å². The fraction of sp³-hybridized carbons (Fsp3) is 0.375. The Hall–Kier alpha value is -2.41. The van der Waals surface area contributed by atoms with Gasteiger partial charge in [0, 0.05) is 27.3 Å². The van der Waals surface area contributed by atoms with Crippen LogP contribution in [0.3, 0.4) is 0 Å². The second kappa shape index (κ2) is 6.56. The summed E-state index contributed by atoms with van der Waals surface area (Å²) in [4.78, 5) is 44.7. The summed E-state index contributed by atoms with van der Waals surface area (Å²) in [5.74, 6) is -2.24. The minimum atomic E-state index is -1.18. The van der Waals surface area contributed by atoms with Gasteiger partial charge in [0.2, 0.25) is 17.7 Å². The lowest BCUT2D eigenvalue weighted by atomic mass is 9.75. The van der Waals surface area contributed by atoms with E-state index >= 15 is 0 Å². The lowest BCUT2D eigenvalue weighted by molar-refractivity contribution is -0.135. The number of amides is 3. The zero-order chi connectivity index (χ0) is 22.5. The molecule has 164 valence electrons. The first-order valence-corrected chi connectivity index (χ1v) is 11.5. The molecule has 2 aromatic carbocycles. The lowest BCUT2D eigenvalue weighted by Gasteiger charge is -2.36. The van der Waals surface area contributed by atoms with Crippen LogP contribution in [0.4, 0.5) is 11.4 Å². The highest BCUT2D eigenvalue weighted by Crippen LogP contribution is 2.61. The molecule has 4 aliphatic rings. The van der Waals surface area contributed by atoms with Crippen molar-refractivity contribution in [2.75, 3.05) is 16.8 Å². The third-order valence-corrected chi connectivity index (χ3v) is 7.99. The molecule has 4 heterocycles. The van der Waals surface area contributed by atoms with Gasteiger partial charge in [0.15, 0.2) is 0 Å². The predicted octanol–water partition coefficient (Wildman–Crippen LogP) is 4.04. The van der Waals surface area contributed by atoms with Crippen LogP contribution in [0.5, 0.6) is 0 Å². The summed E-state index contributed by atoms with van der Waals surface area (Å²) >= 11 is 12.3. The van der Waals surface area contributed by atoms with E-state index in [4.69, 9.17) is 23.2 Å². The van der Waals surface area contributed by atoms with E-state index in [2.05, 4.69) is 10.2 Å². The molecule has 0 unspecified atom stereocenters. The molecule has 2 aromatic rings. The first-order chi connectivity index (χ1) is 15.2. The van der Waals surface area contributed by atoms with Gasteiger partial charge in [-0.25, -0.2) is 4.90 Å². The molecule has 6 nitrogen and oxygen atoms in total. The highest BCUT2D eigenvalue weighted by molar-refractivity contribution is 6.36. The number of nitrogens with one attached hydrogen (secondary N) is 1. The van der Waals surface area contributed by atoms with Gasteiger partial charge in [-0.3, -0.25) is 19.3 Å². The highest BCUT2D eigenvalue weighted by Gasteiger charge is 2.74. The molecule has 0 bridgehead atoms. The van der Waals surface area contributed by atoms with Gasteiger partial charge in [0.25, 0.3) is 0 Å². The summed E-state index contributed by atoms with van der Waals surface area (Å²) in [7, 11) is 0. The normalized spacial score (nSPS) is 30.8. The summed E-state index contributed by atoms with van der Waals surface area (Å²) < 4.78 is 0. The molecule has 0 radical (unpaired) electrons. The van der Waals surface area contributed by atoms with E-state index in [1.165, 1.54) is 4.90 Å². The van der Waals surface area contributed by atoms with Crippen LogP contribution in [0, 0.1) is 25.7 Å². The van der Waals surface area contributed by atoms with Crippen LogP contribution in [-0.2, 0) is 19.9 Å². The van der Waals surface area contributed by atoms with Crippen molar-refractivity contribution in [3.63, 3.8) is 0 Å². The van der Waals surface area contributed by atoms with Gasteiger partial charge in [0.1, 0.15) is 5.54 Å². The molecule has 4 atom stereocenters. The smallest absolute Gasteiger partial charge is 0.250 e. The molecule has 3 fully saturated rings. The van der Waals surface area contributed by atoms with Crippen LogP contribution >= 0.6 is 23.2 Å². The van der Waals surface area contributed by atoms with Crippen LogP contribution in [-0.4, -0.2) is 35.2 Å². The number of aryl methyl sites for hydroxylation is 2. The summed E-state index contributed by atoms with van der Waals surface area (Å²) in [6.07, 6.45) is 1.66. The van der Waals surface area contributed by atoms with Crippen molar-refractivity contribution in [3.8, 4) is 0 Å². The van der Waals surface area contributed by atoms with Gasteiger partial charge in [-0.1, -0.05) is 40.9 Å². The number of benzene rings is 2. The van der Waals surface area contributed by atoms with E-state index in [0.717, 1.165) is 35.2 Å². The lowest BCUT2D eigenvalue weighted by Crippen LogP contribution is -2.54. The van der Waals surface area contributed by atoms with Crippen LogP contribution in [0.25, 0.3) is 0 Å². The Balaban J connectivity index is 1.58. The number of hydrogen-bond acceptors (Lipinski definition) is 4. The second-order valence-electron chi connectivity index (χ2n) is 9.27. The molecular weight excluding hydrogens is 449 g/mol. The van der Waals surface area contributed by atoms with Crippen molar-refractivity contribution < 1.29 is 14.4 Å². The van der Waals surface area contributed by atoms with Gasteiger partial charge < -0.3 is 5.32 Å². The Kier molecular flexibility index (Phi) is 4.15. The SMILES string of the molecule is Cc1cc(C)c2c(c1)[C@]1(C(=O)N2)[C@@H]2C(=O)N(c3cc(Cl)cc(Cl)c3)C(=O)[C@@H]2[C@H]2CCCN21. The first kappa shape index (κ1) is 20.2. The quantitative estimate of drug-likeness (QED) is 0.639. The first-order valence-electron chi connectivity index (χ1n) is 10.8. The third-order valence-electron chi connectivity index (χ3n) is 7.55. The van der Waals surface area contributed by atoms with Gasteiger partial charge in [-0.05, 0) is 57.0 Å². The Morgan fingerprint density at radius 3 is 2.44 bits per heavy atom. The number of carbonyl (C=O) groups excluding carboxylic acids is 3. The molecule has 32 heavy (non-hydrogen) atoms. The van der Waals surface area contributed by atoms with Crippen molar-refractivity contribution >= 4 is 52.3 Å². The fourth-order valence-corrected chi connectivity index (χ4v) is 7.10. The standard InChI is InChI=1S/C24H21Cl2N3O3/c1-11-6-12(2)20-16(7-11)24(23(32)27-20)19-18(17-4-3-5-28(17)24)21(30)29(22(19)31)15-9-13(25)8-14(26)10-15/h6-10,17-19H,3-5H2,1-2H3,(H,27,32)/t17-,18-,19+,24-/m1/s1. The van der Waals surface area contributed by atoms with Crippen LogP contribution in [0.1, 0.15) is 29.5 Å². The Bertz CT molecular complexity index is 1220. The van der Waals surface area contributed by atoms with Crippen LogP contribution in [0.15, 0.2) is 30.3 Å². The van der Waals surface area contributed by atoms with Crippen molar-refractivity contribution in [2.24, 2.45) is 11.8 Å². The monoisotopic (exact) mass is 469 g/mol. The molecule has 3 saturated heterocycles. The maximum absolute atomic E-state index is 14.0. The van der Waals surface area contributed by atoms with Crippen molar-refractivity contribution in [1.29, 1.82) is 0 Å². The molecule has 6 rings (SSSR count). The van der Waals surface area contributed by atoms with E-state index in [1.807, 2.05) is 26.0 Å². The fourth-order valence-electron chi connectivity index (χ4n) is 6.58. The number of halogens is 2. The number of nitrogens with zero attached hydrogens (tertiary/aromatic N) is 2. The number of fused-ring (bicyclic) bond motifs is 7.